The Morgan fingerprint density at radius 1 is 1.15 bits per heavy atom. The van der Waals surface area contributed by atoms with Crippen molar-refractivity contribution in [1.29, 1.82) is 5.26 Å². The van der Waals surface area contributed by atoms with E-state index in [9.17, 15) is 24.4 Å². The van der Waals surface area contributed by atoms with Crippen molar-refractivity contribution in [2.75, 3.05) is 0 Å². The number of rotatable bonds is 8. The number of allylic oxidation sites excluding steroid dienone is 2. The smallest absolute Gasteiger partial charge is 0.336 e. The van der Waals surface area contributed by atoms with E-state index >= 15 is 0 Å². The molecule has 1 saturated carbocycles. The van der Waals surface area contributed by atoms with Gasteiger partial charge in [0.2, 0.25) is 5.91 Å². The Morgan fingerprint density at radius 3 is 2.00 bits per heavy atom. The first-order chi connectivity index (χ1) is 12.3. The van der Waals surface area contributed by atoms with Gasteiger partial charge in [0.25, 0.3) is 0 Å². The summed E-state index contributed by atoms with van der Waals surface area (Å²) in [4.78, 5) is 49.6. The van der Waals surface area contributed by atoms with E-state index in [0.29, 0.717) is 4.57 Å². The van der Waals surface area contributed by atoms with Crippen LogP contribution in [0.4, 0.5) is 0 Å². The Morgan fingerprint density at radius 2 is 1.62 bits per heavy atom. The molecule has 1 amide bonds. The van der Waals surface area contributed by atoms with Gasteiger partial charge in [-0.2, -0.15) is 5.26 Å². The van der Waals surface area contributed by atoms with E-state index in [0.717, 1.165) is 22.0 Å². The fraction of sp³-hybridized carbons (Fsp3) is 0.471. The van der Waals surface area contributed by atoms with Crippen molar-refractivity contribution in [2.24, 2.45) is 5.92 Å². The zero-order chi connectivity index (χ0) is 19.5. The minimum Gasteiger partial charge on any atom is -0.336 e. The molecule has 138 valence electrons. The van der Waals surface area contributed by atoms with Crippen LogP contribution in [0.5, 0.6) is 0 Å². The van der Waals surface area contributed by atoms with Crippen LogP contribution in [0.2, 0.25) is 0 Å². The molecule has 9 heteroatoms. The summed E-state index contributed by atoms with van der Waals surface area (Å²) in [5.74, 6) is -0.588. The summed E-state index contributed by atoms with van der Waals surface area (Å²) in [6.45, 7) is 7.78. The Kier molecular flexibility index (Phi) is 5.45. The lowest BCUT2D eigenvalue weighted by Gasteiger charge is -2.23. The van der Waals surface area contributed by atoms with E-state index in [1.54, 1.807) is 6.92 Å². The van der Waals surface area contributed by atoms with E-state index in [2.05, 4.69) is 24.5 Å². The molecule has 1 aromatic rings. The molecule has 1 aromatic heterocycles. The number of carbonyl (C=O) groups is 1. The number of carbonyl (C=O) groups excluding carboxylic acids is 1. The van der Waals surface area contributed by atoms with Crippen LogP contribution in [0, 0.1) is 17.2 Å². The van der Waals surface area contributed by atoms with Crippen molar-refractivity contribution in [3.8, 4) is 6.07 Å². The molecule has 9 nitrogen and oxygen atoms in total. The van der Waals surface area contributed by atoms with Crippen molar-refractivity contribution in [3.05, 3.63) is 56.8 Å². The molecule has 1 fully saturated rings. The first kappa shape index (κ1) is 19.2. The summed E-state index contributed by atoms with van der Waals surface area (Å²) >= 11 is 0. The SMILES string of the molecule is C=CCn1c(=O)n(CC=C)c(=O)n(CC(=O)NC(C)(C#N)C2CC2)c1=O. The summed E-state index contributed by atoms with van der Waals surface area (Å²) in [5, 5.41) is 11.9. The van der Waals surface area contributed by atoms with E-state index in [1.807, 2.05) is 0 Å². The molecule has 0 aromatic carbocycles. The molecule has 1 aliphatic carbocycles. The number of nitrogens with zero attached hydrogens (tertiary/aromatic N) is 4. The topological polar surface area (TPSA) is 119 Å². The minimum atomic E-state index is -1.05. The molecule has 0 radical (unpaired) electrons. The first-order valence-corrected chi connectivity index (χ1v) is 8.17. The van der Waals surface area contributed by atoms with Gasteiger partial charge in [0.05, 0.1) is 19.2 Å². The second kappa shape index (κ2) is 7.39. The Bertz CT molecular complexity index is 909. The van der Waals surface area contributed by atoms with Crippen LogP contribution in [0.15, 0.2) is 39.7 Å². The number of nitriles is 1. The fourth-order valence-electron chi connectivity index (χ4n) is 2.74. The van der Waals surface area contributed by atoms with Gasteiger partial charge in [0.15, 0.2) is 0 Å². The predicted octanol–water partition coefficient (Wildman–Crippen LogP) is -0.648. The molecule has 0 spiro atoms. The zero-order valence-electron chi connectivity index (χ0n) is 14.6. The highest BCUT2D eigenvalue weighted by molar-refractivity contribution is 5.77. The molecule has 1 N–H and O–H groups in total. The fourth-order valence-corrected chi connectivity index (χ4v) is 2.74. The molecular formula is C17H21N5O4. The minimum absolute atomic E-state index is 0.0558. The van der Waals surface area contributed by atoms with Gasteiger partial charge >= 0.3 is 17.1 Å². The van der Waals surface area contributed by atoms with Gasteiger partial charge in [0, 0.05) is 0 Å². The number of aromatic nitrogens is 3. The molecule has 0 saturated heterocycles. The third-order valence-corrected chi connectivity index (χ3v) is 4.34. The van der Waals surface area contributed by atoms with Crippen molar-refractivity contribution < 1.29 is 4.79 Å². The lowest BCUT2D eigenvalue weighted by molar-refractivity contribution is -0.123. The van der Waals surface area contributed by atoms with E-state index in [1.165, 1.54) is 12.2 Å². The lowest BCUT2D eigenvalue weighted by Crippen LogP contribution is -2.56. The number of hydrogen-bond donors (Lipinski definition) is 1. The van der Waals surface area contributed by atoms with Crippen LogP contribution in [0.3, 0.4) is 0 Å². The van der Waals surface area contributed by atoms with Crippen molar-refractivity contribution >= 4 is 5.91 Å². The molecule has 0 aliphatic heterocycles. The van der Waals surface area contributed by atoms with Crippen molar-refractivity contribution in [1.82, 2.24) is 19.0 Å². The van der Waals surface area contributed by atoms with Gasteiger partial charge < -0.3 is 5.32 Å². The van der Waals surface area contributed by atoms with E-state index in [4.69, 9.17) is 0 Å². The molecular weight excluding hydrogens is 338 g/mol. The van der Waals surface area contributed by atoms with Gasteiger partial charge in [0.1, 0.15) is 12.1 Å². The third kappa shape index (κ3) is 3.59. The van der Waals surface area contributed by atoms with Gasteiger partial charge in [-0.1, -0.05) is 12.2 Å². The first-order valence-electron chi connectivity index (χ1n) is 8.17. The predicted molar refractivity (Wildman–Crippen MR) is 94.5 cm³/mol. The summed E-state index contributed by atoms with van der Waals surface area (Å²) in [7, 11) is 0. The Labute approximate surface area is 149 Å². The summed E-state index contributed by atoms with van der Waals surface area (Å²) in [6, 6.07) is 2.07. The molecule has 1 aliphatic rings. The van der Waals surface area contributed by atoms with Crippen LogP contribution in [0.25, 0.3) is 0 Å². The molecule has 26 heavy (non-hydrogen) atoms. The molecule has 0 bridgehead atoms. The van der Waals surface area contributed by atoms with Gasteiger partial charge in [-0.15, -0.1) is 13.2 Å². The standard InChI is InChI=1S/C17H21N5O4/c1-4-8-20-14(24)21(9-5-2)16(26)22(15(20)25)10-13(23)19-17(3,11-18)12-6-7-12/h4-5,12H,1-2,6-10H2,3H3,(H,19,23). The van der Waals surface area contributed by atoms with Crippen molar-refractivity contribution in [3.63, 3.8) is 0 Å². The van der Waals surface area contributed by atoms with Crippen LogP contribution in [0.1, 0.15) is 19.8 Å². The number of nitrogens with one attached hydrogen (secondary N) is 1. The van der Waals surface area contributed by atoms with Gasteiger partial charge in [-0.25, -0.2) is 28.1 Å². The maximum Gasteiger partial charge on any atom is 0.337 e. The van der Waals surface area contributed by atoms with E-state index < -0.39 is 35.1 Å². The number of hydrogen-bond acceptors (Lipinski definition) is 5. The maximum absolute atomic E-state index is 12.5. The molecule has 1 heterocycles. The third-order valence-electron chi connectivity index (χ3n) is 4.34. The van der Waals surface area contributed by atoms with Gasteiger partial charge in [-0.05, 0) is 25.7 Å². The van der Waals surface area contributed by atoms with Crippen LogP contribution < -0.4 is 22.4 Å². The zero-order valence-corrected chi connectivity index (χ0v) is 14.6. The highest BCUT2D eigenvalue weighted by Crippen LogP contribution is 2.39. The van der Waals surface area contributed by atoms with E-state index in [-0.39, 0.29) is 19.0 Å². The average Bonchev–Trinajstić information content (AvgIpc) is 3.45. The van der Waals surface area contributed by atoms with Crippen LogP contribution in [-0.2, 0) is 24.4 Å². The normalized spacial score (nSPS) is 15.5. The quantitative estimate of drug-likeness (QED) is 0.619. The maximum atomic E-state index is 12.5. The largest absolute Gasteiger partial charge is 0.337 e. The average molecular weight is 359 g/mol. The highest BCUT2D eigenvalue weighted by atomic mass is 16.2. The molecule has 1 unspecified atom stereocenters. The van der Waals surface area contributed by atoms with Crippen LogP contribution >= 0.6 is 0 Å². The second-order valence-corrected chi connectivity index (χ2v) is 6.37. The number of amides is 1. The highest BCUT2D eigenvalue weighted by Gasteiger charge is 2.43. The monoisotopic (exact) mass is 359 g/mol. The second-order valence-electron chi connectivity index (χ2n) is 6.37. The summed E-state index contributed by atoms with van der Waals surface area (Å²) < 4.78 is 2.31. The van der Waals surface area contributed by atoms with Gasteiger partial charge in [-0.3, -0.25) is 4.79 Å². The summed E-state index contributed by atoms with van der Waals surface area (Å²) in [5.41, 5.74) is -3.65. The summed E-state index contributed by atoms with van der Waals surface area (Å²) in [6.07, 6.45) is 4.35. The molecule has 2 rings (SSSR count). The Hall–Kier alpha value is -3.15. The van der Waals surface area contributed by atoms with Crippen LogP contribution in [-0.4, -0.2) is 25.1 Å². The molecule has 1 atom stereocenters. The van der Waals surface area contributed by atoms with Crippen molar-refractivity contribution in [2.45, 2.75) is 44.9 Å². The Balaban J connectivity index is 2.44. The lowest BCUT2D eigenvalue weighted by atomic mass is 9.98.